The van der Waals surface area contributed by atoms with Gasteiger partial charge in [0.15, 0.2) is 0 Å². The molecule has 7 nitrogen and oxygen atoms in total. The average molecular weight is 312 g/mol. The van der Waals surface area contributed by atoms with E-state index in [4.69, 9.17) is 5.11 Å². The summed E-state index contributed by atoms with van der Waals surface area (Å²) in [6, 6.07) is 9.36. The lowest BCUT2D eigenvalue weighted by atomic mass is 10.1. The van der Waals surface area contributed by atoms with Crippen LogP contribution in [0.1, 0.15) is 5.56 Å². The molecule has 1 aromatic carbocycles. The Morgan fingerprint density at radius 1 is 1.17 bits per heavy atom. The van der Waals surface area contributed by atoms with Crippen LogP contribution in [0.2, 0.25) is 0 Å². The van der Waals surface area contributed by atoms with Crippen LogP contribution in [-0.2, 0) is 16.1 Å². The highest BCUT2D eigenvalue weighted by molar-refractivity contribution is 6.17. The molecule has 0 saturated heterocycles. The Balaban J connectivity index is 1.80. The molecule has 1 aliphatic rings. The number of nitrogens with one attached hydrogen (secondary N) is 1. The number of carbonyl (C=O) groups is 2. The van der Waals surface area contributed by atoms with Gasteiger partial charge >= 0.3 is 0 Å². The summed E-state index contributed by atoms with van der Waals surface area (Å²) >= 11 is 0. The molecule has 3 rings (SSSR count). The van der Waals surface area contributed by atoms with Gasteiger partial charge in [-0.25, -0.2) is 0 Å². The van der Waals surface area contributed by atoms with Crippen molar-refractivity contribution in [3.8, 4) is 0 Å². The number of aliphatic hydroxyl groups is 1. The van der Waals surface area contributed by atoms with Gasteiger partial charge in [0.25, 0.3) is 11.8 Å². The van der Waals surface area contributed by atoms with Gasteiger partial charge in [-0.1, -0.05) is 18.2 Å². The predicted octanol–water partition coefficient (Wildman–Crippen LogP) is 0.588. The number of imide groups is 1. The Morgan fingerprint density at radius 2 is 2.00 bits per heavy atom. The zero-order chi connectivity index (χ0) is 16.2. The Kier molecular flexibility index (Phi) is 4.20. The van der Waals surface area contributed by atoms with Crippen molar-refractivity contribution in [2.45, 2.75) is 6.54 Å². The number of hydrogen-bond acceptors (Lipinski definition) is 5. The molecule has 0 fully saturated rings. The highest BCUT2D eigenvalue weighted by atomic mass is 16.3. The Bertz CT molecular complexity index is 752. The molecule has 0 radical (unpaired) electrons. The van der Waals surface area contributed by atoms with Gasteiger partial charge in [-0.05, 0) is 17.7 Å². The SMILES string of the molecule is O=C1C=C(Nc2ccccc2Cn2cccn2)C(=O)N1CCO. The van der Waals surface area contributed by atoms with E-state index in [1.54, 1.807) is 10.9 Å². The van der Waals surface area contributed by atoms with Gasteiger partial charge in [-0.3, -0.25) is 19.2 Å². The molecule has 0 unspecified atom stereocenters. The number of aromatic nitrogens is 2. The fourth-order valence-electron chi connectivity index (χ4n) is 2.40. The van der Waals surface area contributed by atoms with Crippen molar-refractivity contribution in [1.82, 2.24) is 14.7 Å². The lowest BCUT2D eigenvalue weighted by Gasteiger charge is -2.15. The van der Waals surface area contributed by atoms with Crippen LogP contribution in [0, 0.1) is 0 Å². The van der Waals surface area contributed by atoms with Gasteiger partial charge in [0.1, 0.15) is 5.70 Å². The van der Waals surface area contributed by atoms with Crippen LogP contribution < -0.4 is 5.32 Å². The summed E-state index contributed by atoms with van der Waals surface area (Å²) in [6.07, 6.45) is 4.80. The lowest BCUT2D eigenvalue weighted by molar-refractivity contribution is -0.137. The smallest absolute Gasteiger partial charge is 0.277 e. The van der Waals surface area contributed by atoms with E-state index in [1.165, 1.54) is 6.08 Å². The van der Waals surface area contributed by atoms with Gasteiger partial charge in [0.2, 0.25) is 0 Å². The molecular formula is C16H16N4O3. The van der Waals surface area contributed by atoms with Crippen molar-refractivity contribution in [3.05, 3.63) is 60.1 Å². The van der Waals surface area contributed by atoms with E-state index >= 15 is 0 Å². The highest BCUT2D eigenvalue weighted by Crippen LogP contribution is 2.21. The summed E-state index contributed by atoms with van der Waals surface area (Å²) in [5.41, 5.74) is 1.88. The quantitative estimate of drug-likeness (QED) is 0.762. The lowest BCUT2D eigenvalue weighted by Crippen LogP contribution is -2.34. The highest BCUT2D eigenvalue weighted by Gasteiger charge is 2.30. The number of benzene rings is 1. The number of aliphatic hydroxyl groups excluding tert-OH is 1. The molecule has 2 aromatic rings. The van der Waals surface area contributed by atoms with E-state index in [9.17, 15) is 9.59 Å². The Hall–Kier alpha value is -2.93. The maximum atomic E-state index is 12.2. The van der Waals surface area contributed by atoms with Gasteiger partial charge in [-0.2, -0.15) is 5.10 Å². The molecule has 1 aromatic heterocycles. The van der Waals surface area contributed by atoms with Crippen molar-refractivity contribution < 1.29 is 14.7 Å². The summed E-state index contributed by atoms with van der Waals surface area (Å²) in [4.78, 5) is 25.0. The van der Waals surface area contributed by atoms with Gasteiger partial charge < -0.3 is 10.4 Å². The van der Waals surface area contributed by atoms with Crippen LogP contribution in [0.15, 0.2) is 54.5 Å². The molecule has 2 N–H and O–H groups in total. The first-order valence-corrected chi connectivity index (χ1v) is 7.20. The first-order valence-electron chi connectivity index (χ1n) is 7.20. The van der Waals surface area contributed by atoms with E-state index in [-0.39, 0.29) is 18.8 Å². The van der Waals surface area contributed by atoms with Crippen LogP contribution in [0.4, 0.5) is 5.69 Å². The molecule has 0 saturated carbocycles. The second-order valence-corrected chi connectivity index (χ2v) is 5.06. The van der Waals surface area contributed by atoms with Crippen LogP contribution in [0.3, 0.4) is 0 Å². The van der Waals surface area contributed by atoms with E-state index in [0.29, 0.717) is 6.54 Å². The fourth-order valence-corrected chi connectivity index (χ4v) is 2.40. The van der Waals surface area contributed by atoms with E-state index < -0.39 is 11.8 Å². The van der Waals surface area contributed by atoms with E-state index in [2.05, 4.69) is 10.4 Å². The number of anilines is 1. The third-order valence-corrected chi connectivity index (χ3v) is 3.51. The van der Waals surface area contributed by atoms with Gasteiger partial charge in [-0.15, -0.1) is 0 Å². The van der Waals surface area contributed by atoms with Crippen LogP contribution >= 0.6 is 0 Å². The second-order valence-electron chi connectivity index (χ2n) is 5.06. The van der Waals surface area contributed by atoms with Crippen molar-refractivity contribution in [1.29, 1.82) is 0 Å². The first-order chi connectivity index (χ1) is 11.2. The molecule has 0 aliphatic carbocycles. The third kappa shape index (κ3) is 3.14. The number of hydrogen-bond donors (Lipinski definition) is 2. The normalized spacial score (nSPS) is 14.3. The zero-order valence-electron chi connectivity index (χ0n) is 12.3. The molecule has 0 bridgehead atoms. The van der Waals surface area contributed by atoms with Crippen molar-refractivity contribution in [2.24, 2.45) is 0 Å². The standard InChI is InChI=1S/C16H16N4O3/c21-9-8-20-15(22)10-14(16(20)23)18-13-5-2-1-4-12(13)11-19-7-3-6-17-19/h1-7,10,18,21H,8-9,11H2. The Morgan fingerprint density at radius 3 is 2.74 bits per heavy atom. The molecule has 0 atom stereocenters. The summed E-state index contributed by atoms with van der Waals surface area (Å²) in [5.74, 6) is -0.853. The largest absolute Gasteiger partial charge is 0.395 e. The number of para-hydroxylation sites is 1. The fraction of sp³-hybridized carbons (Fsp3) is 0.188. The number of β-amino-alcohol motifs (C(OH)–C–C–N with tert-alkyl or cyclic N) is 1. The Labute approximate surface area is 132 Å². The monoisotopic (exact) mass is 312 g/mol. The maximum absolute atomic E-state index is 12.2. The summed E-state index contributed by atoms with van der Waals surface area (Å²) in [7, 11) is 0. The third-order valence-electron chi connectivity index (χ3n) is 3.51. The van der Waals surface area contributed by atoms with Crippen LogP contribution in [0.25, 0.3) is 0 Å². The molecule has 0 spiro atoms. The number of rotatable bonds is 6. The van der Waals surface area contributed by atoms with Crippen molar-refractivity contribution in [3.63, 3.8) is 0 Å². The zero-order valence-corrected chi connectivity index (χ0v) is 12.3. The van der Waals surface area contributed by atoms with Gasteiger partial charge in [0, 0.05) is 24.2 Å². The molecule has 23 heavy (non-hydrogen) atoms. The molecule has 1 aliphatic heterocycles. The minimum Gasteiger partial charge on any atom is -0.395 e. The molecule has 2 amide bonds. The molecule has 118 valence electrons. The van der Waals surface area contributed by atoms with Crippen molar-refractivity contribution >= 4 is 17.5 Å². The van der Waals surface area contributed by atoms with Crippen LogP contribution in [0.5, 0.6) is 0 Å². The maximum Gasteiger partial charge on any atom is 0.277 e. The number of nitrogens with zero attached hydrogens (tertiary/aromatic N) is 3. The molecular weight excluding hydrogens is 296 g/mol. The topological polar surface area (TPSA) is 87.5 Å². The summed E-state index contributed by atoms with van der Waals surface area (Å²) in [6.45, 7) is 0.286. The van der Waals surface area contributed by atoms with Crippen molar-refractivity contribution in [2.75, 3.05) is 18.5 Å². The minimum absolute atomic E-state index is 0.00567. The number of carbonyl (C=O) groups excluding carboxylic acids is 2. The second kappa shape index (κ2) is 6.45. The minimum atomic E-state index is -0.432. The summed E-state index contributed by atoms with van der Waals surface area (Å²) in [5, 5.41) is 16.1. The van der Waals surface area contributed by atoms with E-state index in [1.807, 2.05) is 36.5 Å². The average Bonchev–Trinajstić information content (AvgIpc) is 3.14. The van der Waals surface area contributed by atoms with Gasteiger partial charge in [0.05, 0.1) is 19.7 Å². The first kappa shape index (κ1) is 15.0. The molecule has 2 heterocycles. The summed E-state index contributed by atoms with van der Waals surface area (Å²) < 4.78 is 1.77. The van der Waals surface area contributed by atoms with Crippen LogP contribution in [-0.4, -0.2) is 44.8 Å². The molecule has 7 heteroatoms. The predicted molar refractivity (Wildman–Crippen MR) is 83.3 cm³/mol. The number of amides is 2. The van der Waals surface area contributed by atoms with E-state index in [0.717, 1.165) is 16.2 Å².